The van der Waals surface area contributed by atoms with Crippen LogP contribution in [0.1, 0.15) is 10.6 Å². The number of para-hydroxylation sites is 3. The molecule has 0 saturated carbocycles. The molecule has 7 nitrogen and oxygen atoms in total. The molecule has 0 aliphatic heterocycles. The number of carbonyl (C=O) groups is 1. The number of thiocarbonyl (C=S) groups is 1. The van der Waals surface area contributed by atoms with Crippen LogP contribution in [0, 0.1) is 0 Å². The molecule has 152 valence electrons. The number of furan rings is 1. The van der Waals surface area contributed by atoms with Crippen molar-refractivity contribution >= 4 is 51.0 Å². The van der Waals surface area contributed by atoms with Gasteiger partial charge in [-0.1, -0.05) is 30.3 Å². The highest BCUT2D eigenvalue weighted by atomic mass is 32.1. The zero-order valence-corrected chi connectivity index (χ0v) is 16.8. The quantitative estimate of drug-likeness (QED) is 0.344. The first-order valence-electron chi connectivity index (χ1n) is 9.37. The van der Waals surface area contributed by atoms with Gasteiger partial charge < -0.3 is 19.3 Å². The first kappa shape index (κ1) is 18.8. The number of nitrogens with one attached hydrogen (secondary N) is 2. The molecule has 0 spiro atoms. The van der Waals surface area contributed by atoms with Crippen molar-refractivity contribution in [3.05, 3.63) is 78.6 Å². The van der Waals surface area contributed by atoms with Crippen molar-refractivity contribution in [3.8, 4) is 17.2 Å². The number of phenols is 1. The lowest BCUT2D eigenvalue weighted by molar-refractivity contribution is 0.0953. The molecule has 0 fully saturated rings. The van der Waals surface area contributed by atoms with Gasteiger partial charge in [-0.15, -0.1) is 0 Å². The van der Waals surface area contributed by atoms with E-state index in [1.807, 2.05) is 42.5 Å². The fourth-order valence-electron chi connectivity index (χ4n) is 3.20. The number of hydrogen-bond donors (Lipinski definition) is 3. The van der Waals surface area contributed by atoms with Gasteiger partial charge in [0.1, 0.15) is 16.8 Å². The van der Waals surface area contributed by atoms with Crippen LogP contribution >= 0.6 is 12.2 Å². The van der Waals surface area contributed by atoms with Crippen LogP contribution in [-0.4, -0.2) is 21.1 Å². The smallest absolute Gasteiger partial charge is 0.293 e. The first-order chi connectivity index (χ1) is 15.1. The van der Waals surface area contributed by atoms with Crippen molar-refractivity contribution in [2.24, 2.45) is 0 Å². The normalized spacial score (nSPS) is 11.0. The molecule has 0 atom stereocenters. The summed E-state index contributed by atoms with van der Waals surface area (Å²) in [5, 5.41) is 16.8. The van der Waals surface area contributed by atoms with Gasteiger partial charge in [-0.05, 0) is 48.6 Å². The largest absolute Gasteiger partial charge is 0.507 e. The third kappa shape index (κ3) is 3.72. The van der Waals surface area contributed by atoms with Gasteiger partial charge >= 0.3 is 0 Å². The summed E-state index contributed by atoms with van der Waals surface area (Å²) >= 11 is 5.21. The number of fused-ring (bicyclic) bond motifs is 2. The molecule has 0 aliphatic rings. The fourth-order valence-corrected chi connectivity index (χ4v) is 3.41. The maximum atomic E-state index is 12.4. The van der Waals surface area contributed by atoms with E-state index in [1.54, 1.807) is 24.3 Å². The zero-order valence-electron chi connectivity index (χ0n) is 16.0. The van der Waals surface area contributed by atoms with Crippen LogP contribution in [0.2, 0.25) is 0 Å². The third-order valence-electron chi connectivity index (χ3n) is 4.66. The van der Waals surface area contributed by atoms with Gasteiger partial charge in [0.25, 0.3) is 5.91 Å². The Labute approximate surface area is 181 Å². The number of anilines is 1. The Morgan fingerprint density at radius 2 is 1.71 bits per heavy atom. The molecule has 5 aromatic rings. The average Bonchev–Trinajstić information content (AvgIpc) is 3.38. The highest BCUT2D eigenvalue weighted by Crippen LogP contribution is 2.33. The minimum absolute atomic E-state index is 0.0389. The van der Waals surface area contributed by atoms with Crippen molar-refractivity contribution in [1.29, 1.82) is 0 Å². The molecule has 0 unspecified atom stereocenters. The van der Waals surface area contributed by atoms with Crippen molar-refractivity contribution in [3.63, 3.8) is 0 Å². The minimum atomic E-state index is -0.471. The Hall–Kier alpha value is -4.17. The summed E-state index contributed by atoms with van der Waals surface area (Å²) in [7, 11) is 0. The van der Waals surface area contributed by atoms with Gasteiger partial charge in [0.15, 0.2) is 16.5 Å². The van der Waals surface area contributed by atoms with E-state index >= 15 is 0 Å². The van der Waals surface area contributed by atoms with Crippen LogP contribution < -0.4 is 10.6 Å². The Bertz CT molecular complexity index is 1390. The van der Waals surface area contributed by atoms with E-state index in [1.165, 1.54) is 6.07 Å². The highest BCUT2D eigenvalue weighted by molar-refractivity contribution is 7.80. The van der Waals surface area contributed by atoms with E-state index in [2.05, 4.69) is 15.6 Å². The number of rotatable bonds is 3. The molecule has 1 amide bonds. The molecule has 2 aromatic heterocycles. The third-order valence-corrected chi connectivity index (χ3v) is 4.86. The molecule has 0 radical (unpaired) electrons. The van der Waals surface area contributed by atoms with Crippen LogP contribution in [0.3, 0.4) is 0 Å². The van der Waals surface area contributed by atoms with Gasteiger partial charge in [0, 0.05) is 17.1 Å². The minimum Gasteiger partial charge on any atom is -0.507 e. The molecule has 3 aromatic carbocycles. The van der Waals surface area contributed by atoms with Crippen LogP contribution in [0.5, 0.6) is 5.75 Å². The Kier molecular flexibility index (Phi) is 4.61. The molecule has 8 heteroatoms. The molecular formula is C23H15N3O4S. The first-order valence-corrected chi connectivity index (χ1v) is 9.77. The van der Waals surface area contributed by atoms with Crippen molar-refractivity contribution in [2.75, 3.05) is 5.32 Å². The average molecular weight is 429 g/mol. The van der Waals surface area contributed by atoms with Crippen LogP contribution in [-0.2, 0) is 0 Å². The van der Waals surface area contributed by atoms with E-state index in [0.717, 1.165) is 5.39 Å². The SMILES string of the molecule is O=C(NC(=S)Nc1ccc(-c2nc3ccccc3o2)c(O)c1)c1cc2ccccc2o1. The number of oxazole rings is 1. The molecule has 3 N–H and O–H groups in total. The second-order valence-electron chi connectivity index (χ2n) is 6.78. The van der Waals surface area contributed by atoms with Gasteiger partial charge in [0.2, 0.25) is 5.89 Å². The van der Waals surface area contributed by atoms with Gasteiger partial charge in [-0.3, -0.25) is 10.1 Å². The van der Waals surface area contributed by atoms with Crippen molar-refractivity contribution in [1.82, 2.24) is 10.3 Å². The standard InChI is InChI=1S/C23H15N3O4S/c27-17-12-14(9-10-15(17)22-25-16-6-2-4-8-19(16)30-22)24-23(31)26-21(28)20-11-13-5-1-3-7-18(13)29-20/h1-12,27H,(H2,24,26,28,31). The summed E-state index contributed by atoms with van der Waals surface area (Å²) in [6, 6.07) is 21.2. The summed E-state index contributed by atoms with van der Waals surface area (Å²) in [6.45, 7) is 0. The molecule has 31 heavy (non-hydrogen) atoms. The summed E-state index contributed by atoms with van der Waals surface area (Å²) in [5.74, 6) is -0.0468. The van der Waals surface area contributed by atoms with Crippen molar-refractivity contribution < 1.29 is 18.7 Å². The number of aromatic nitrogens is 1. The van der Waals surface area contributed by atoms with Crippen LogP contribution in [0.25, 0.3) is 33.5 Å². The number of phenolic OH excluding ortho intramolecular Hbond substituents is 1. The summed E-state index contributed by atoms with van der Waals surface area (Å²) in [4.78, 5) is 16.8. The molecule has 0 saturated heterocycles. The Balaban J connectivity index is 1.30. The van der Waals surface area contributed by atoms with Gasteiger partial charge in [-0.25, -0.2) is 4.98 Å². The van der Waals surface area contributed by atoms with E-state index in [0.29, 0.717) is 33.8 Å². The Morgan fingerprint density at radius 1 is 0.935 bits per heavy atom. The number of amides is 1. The number of aromatic hydroxyl groups is 1. The summed E-state index contributed by atoms with van der Waals surface area (Å²) in [6.07, 6.45) is 0. The molecule has 0 bridgehead atoms. The maximum absolute atomic E-state index is 12.4. The lowest BCUT2D eigenvalue weighted by Gasteiger charge is -2.10. The van der Waals surface area contributed by atoms with Gasteiger partial charge in [0.05, 0.1) is 5.56 Å². The van der Waals surface area contributed by atoms with Gasteiger partial charge in [-0.2, -0.15) is 0 Å². The number of hydrogen-bond acceptors (Lipinski definition) is 6. The number of benzene rings is 3. The number of nitrogens with zero attached hydrogens (tertiary/aromatic N) is 1. The molecule has 0 aliphatic carbocycles. The van der Waals surface area contributed by atoms with E-state index in [4.69, 9.17) is 21.1 Å². The molecular weight excluding hydrogens is 414 g/mol. The Morgan fingerprint density at radius 3 is 2.48 bits per heavy atom. The zero-order chi connectivity index (χ0) is 21.4. The second kappa shape index (κ2) is 7.58. The topological polar surface area (TPSA) is 101 Å². The second-order valence-corrected chi connectivity index (χ2v) is 7.18. The van der Waals surface area contributed by atoms with E-state index in [-0.39, 0.29) is 16.6 Å². The lowest BCUT2D eigenvalue weighted by atomic mass is 10.2. The predicted octanol–water partition coefficient (Wildman–Crippen LogP) is 5.07. The fraction of sp³-hybridized carbons (Fsp3) is 0. The van der Waals surface area contributed by atoms with E-state index in [9.17, 15) is 9.90 Å². The molecule has 5 rings (SSSR count). The lowest BCUT2D eigenvalue weighted by Crippen LogP contribution is -2.33. The van der Waals surface area contributed by atoms with Crippen LogP contribution in [0.15, 0.2) is 81.6 Å². The molecule has 2 heterocycles. The number of carbonyl (C=O) groups excluding carboxylic acids is 1. The maximum Gasteiger partial charge on any atom is 0.293 e. The van der Waals surface area contributed by atoms with Crippen molar-refractivity contribution in [2.45, 2.75) is 0 Å². The van der Waals surface area contributed by atoms with Crippen LogP contribution in [0.4, 0.5) is 5.69 Å². The predicted molar refractivity (Wildman–Crippen MR) is 121 cm³/mol. The summed E-state index contributed by atoms with van der Waals surface area (Å²) in [5.41, 5.74) is 2.89. The highest BCUT2D eigenvalue weighted by Gasteiger charge is 2.15. The summed E-state index contributed by atoms with van der Waals surface area (Å²) < 4.78 is 11.2. The monoisotopic (exact) mass is 429 g/mol. The van der Waals surface area contributed by atoms with E-state index < -0.39 is 5.91 Å².